The van der Waals surface area contributed by atoms with Gasteiger partial charge >= 0.3 is 0 Å². The summed E-state index contributed by atoms with van der Waals surface area (Å²) in [5.41, 5.74) is 5.91. The normalized spacial score (nSPS) is 25.9. The van der Waals surface area contributed by atoms with Crippen LogP contribution in [0, 0.1) is 22.2 Å². The minimum Gasteiger partial charge on any atom is -0.489 e. The smallest absolute Gasteiger partial charge is 0.262 e. The lowest BCUT2D eigenvalue weighted by molar-refractivity contribution is -0.211. The second-order valence-corrected chi connectivity index (χ2v) is 18.5. The lowest BCUT2D eigenvalue weighted by Gasteiger charge is -2.65. The molecule has 1 unspecified atom stereocenters. The van der Waals surface area contributed by atoms with Gasteiger partial charge in [-0.1, -0.05) is 45.4 Å². The molecule has 13 heteroatoms. The molecule has 3 saturated heterocycles. The van der Waals surface area contributed by atoms with E-state index < -0.39 is 23.8 Å². The number of imide groups is 2. The molecule has 0 radical (unpaired) electrons. The number of piperidine rings is 2. The molecule has 3 aromatic carbocycles. The summed E-state index contributed by atoms with van der Waals surface area (Å²) < 4.78 is 6.58. The molecule has 5 heterocycles. The first-order valence-electron chi connectivity index (χ1n) is 20.6. The molecular formula is C45H50ClN7O5. The number of rotatable bonds is 7. The van der Waals surface area contributed by atoms with Crippen LogP contribution >= 0.6 is 11.6 Å². The highest BCUT2D eigenvalue weighted by molar-refractivity contribution is 6.31. The van der Waals surface area contributed by atoms with Crippen molar-refractivity contribution in [2.75, 3.05) is 49.1 Å². The Bertz CT molecular complexity index is 2240. The number of amides is 4. The van der Waals surface area contributed by atoms with Gasteiger partial charge in [-0.2, -0.15) is 5.26 Å². The van der Waals surface area contributed by atoms with E-state index in [1.165, 1.54) is 16.8 Å². The van der Waals surface area contributed by atoms with E-state index in [9.17, 15) is 24.4 Å². The van der Waals surface area contributed by atoms with E-state index in [2.05, 4.69) is 76.9 Å². The summed E-state index contributed by atoms with van der Waals surface area (Å²) in [5.74, 6) is -1.23. The van der Waals surface area contributed by atoms with Crippen LogP contribution in [0.5, 0.6) is 5.75 Å². The van der Waals surface area contributed by atoms with Gasteiger partial charge in [0.15, 0.2) is 0 Å². The van der Waals surface area contributed by atoms with E-state index in [4.69, 9.17) is 16.3 Å². The summed E-state index contributed by atoms with van der Waals surface area (Å²) in [7, 11) is 0. The SMILES string of the molecule is CC1(C)[C@H](Oc2ccc(C#N)c(Cl)c2)C(C)(C)[C@H]1N1Cc2ccc(N3CCN(C4CCN(c5ccc6c(c5)C(=O)N(C5CCC(=O)NC5=O)C6=O)CC4)CC3)cc2C1. The van der Waals surface area contributed by atoms with Crippen molar-refractivity contribution < 1.29 is 23.9 Å². The fourth-order valence-corrected chi connectivity index (χ4v) is 11.6. The number of hydrogen-bond acceptors (Lipinski definition) is 10. The van der Waals surface area contributed by atoms with E-state index in [0.717, 1.165) is 75.8 Å². The second kappa shape index (κ2) is 14.4. The quantitative estimate of drug-likeness (QED) is 0.302. The van der Waals surface area contributed by atoms with Gasteiger partial charge in [0.05, 0.1) is 21.7 Å². The Morgan fingerprint density at radius 3 is 2.09 bits per heavy atom. The van der Waals surface area contributed by atoms with Crippen LogP contribution in [0.4, 0.5) is 11.4 Å². The Hall–Kier alpha value is -4.96. The van der Waals surface area contributed by atoms with Gasteiger partial charge in [-0.05, 0) is 72.9 Å². The molecule has 12 nitrogen and oxygen atoms in total. The number of fused-ring (bicyclic) bond motifs is 2. The molecule has 0 spiro atoms. The summed E-state index contributed by atoms with van der Waals surface area (Å²) in [4.78, 5) is 61.8. The molecule has 5 aliphatic heterocycles. The Morgan fingerprint density at radius 2 is 1.40 bits per heavy atom. The molecule has 6 aliphatic rings. The number of benzene rings is 3. The fourth-order valence-electron chi connectivity index (χ4n) is 11.4. The first-order chi connectivity index (χ1) is 27.7. The maximum absolute atomic E-state index is 13.4. The van der Waals surface area contributed by atoms with Gasteiger partial charge in [-0.25, -0.2) is 0 Å². The number of anilines is 2. The molecule has 4 amide bonds. The van der Waals surface area contributed by atoms with Gasteiger partial charge in [-0.3, -0.25) is 39.2 Å². The second-order valence-electron chi connectivity index (χ2n) is 18.1. The summed E-state index contributed by atoms with van der Waals surface area (Å²) in [6.07, 6.45) is 2.27. The van der Waals surface area contributed by atoms with Crippen molar-refractivity contribution in [3.63, 3.8) is 0 Å². The van der Waals surface area contributed by atoms with Gasteiger partial charge in [0.2, 0.25) is 11.8 Å². The summed E-state index contributed by atoms with van der Waals surface area (Å²) in [6.45, 7) is 16.7. The third kappa shape index (κ3) is 6.42. The number of carbonyl (C=O) groups is 4. The highest BCUT2D eigenvalue weighted by atomic mass is 35.5. The highest BCUT2D eigenvalue weighted by Gasteiger charge is 2.65. The number of hydrogen-bond donors (Lipinski definition) is 1. The van der Waals surface area contributed by atoms with Crippen molar-refractivity contribution in [2.24, 2.45) is 10.8 Å². The standard InChI is InChI=1S/C45H50ClN7O5/c1-44(2)42(45(3,4)43(44)58-33-9-6-27(24-47)36(46)23-33)52-25-28-5-7-31(21-29(28)26-52)51-19-17-50(18-20-51)30-13-15-49(16-14-30)32-8-10-34-35(22-32)41(57)53(40(34)56)37-11-12-38(54)48-39(37)55/h5-10,21-23,30,37,42-43H,11-20,25-26H2,1-4H3,(H,48,54,55)/t37?,42-,43-. The molecule has 9 rings (SSSR count). The summed E-state index contributed by atoms with van der Waals surface area (Å²) >= 11 is 6.33. The molecule has 1 atom stereocenters. The van der Waals surface area contributed by atoms with Crippen LogP contribution in [0.3, 0.4) is 0 Å². The maximum Gasteiger partial charge on any atom is 0.262 e. The predicted octanol–water partition coefficient (Wildman–Crippen LogP) is 5.60. The molecule has 58 heavy (non-hydrogen) atoms. The molecule has 1 N–H and O–H groups in total. The molecule has 1 saturated carbocycles. The Kier molecular flexibility index (Phi) is 9.57. The molecule has 0 bridgehead atoms. The van der Waals surface area contributed by atoms with Crippen LogP contribution in [0.2, 0.25) is 5.02 Å². The first kappa shape index (κ1) is 38.6. The number of nitriles is 1. The van der Waals surface area contributed by atoms with E-state index in [0.29, 0.717) is 39.5 Å². The minimum atomic E-state index is -0.964. The number of nitrogens with zero attached hydrogens (tertiary/aromatic N) is 6. The lowest BCUT2D eigenvalue weighted by atomic mass is 9.49. The van der Waals surface area contributed by atoms with E-state index >= 15 is 0 Å². The van der Waals surface area contributed by atoms with Crippen molar-refractivity contribution in [1.82, 2.24) is 20.0 Å². The van der Waals surface area contributed by atoms with E-state index in [-0.39, 0.29) is 35.7 Å². The molecule has 3 aromatic rings. The predicted molar refractivity (Wildman–Crippen MR) is 220 cm³/mol. The van der Waals surface area contributed by atoms with Gasteiger partial charge in [-0.15, -0.1) is 0 Å². The van der Waals surface area contributed by atoms with E-state index in [1.54, 1.807) is 24.3 Å². The van der Waals surface area contributed by atoms with Crippen LogP contribution in [-0.4, -0.2) is 102 Å². The lowest BCUT2D eigenvalue weighted by Crippen LogP contribution is -2.74. The maximum atomic E-state index is 13.4. The van der Waals surface area contributed by atoms with Crippen molar-refractivity contribution in [3.8, 4) is 11.8 Å². The van der Waals surface area contributed by atoms with Gasteiger partial charge in [0, 0.05) is 99.1 Å². The fraction of sp³-hybridized carbons (Fsp3) is 0.489. The average molecular weight is 804 g/mol. The average Bonchev–Trinajstić information content (AvgIpc) is 3.72. The summed E-state index contributed by atoms with van der Waals surface area (Å²) in [6, 6.07) is 19.7. The molecule has 4 fully saturated rings. The zero-order chi connectivity index (χ0) is 40.7. The van der Waals surface area contributed by atoms with Gasteiger partial charge in [0.1, 0.15) is 24.0 Å². The molecule has 1 aliphatic carbocycles. The summed E-state index contributed by atoms with van der Waals surface area (Å²) in [5, 5.41) is 12.0. The van der Waals surface area contributed by atoms with Crippen LogP contribution < -0.4 is 19.9 Å². The van der Waals surface area contributed by atoms with Crippen molar-refractivity contribution in [2.45, 2.75) is 90.7 Å². The number of piperazine rings is 1. The van der Waals surface area contributed by atoms with Crippen molar-refractivity contribution in [1.29, 1.82) is 5.26 Å². The molecule has 302 valence electrons. The number of nitrogens with one attached hydrogen (secondary N) is 1. The van der Waals surface area contributed by atoms with Crippen molar-refractivity contribution >= 4 is 46.6 Å². The third-order valence-corrected chi connectivity index (χ3v) is 14.1. The molecular weight excluding hydrogens is 754 g/mol. The number of carbonyl (C=O) groups excluding carboxylic acids is 4. The highest BCUT2D eigenvalue weighted by Crippen LogP contribution is 2.59. The topological polar surface area (TPSA) is 130 Å². The first-order valence-corrected chi connectivity index (χ1v) is 20.9. The number of ether oxygens (including phenoxy) is 1. The van der Waals surface area contributed by atoms with Crippen LogP contribution in [0.15, 0.2) is 54.6 Å². The largest absolute Gasteiger partial charge is 0.489 e. The zero-order valence-corrected chi connectivity index (χ0v) is 34.3. The molecule has 0 aromatic heterocycles. The minimum absolute atomic E-state index is 0.00611. The van der Waals surface area contributed by atoms with Crippen LogP contribution in [0.25, 0.3) is 0 Å². The van der Waals surface area contributed by atoms with Gasteiger partial charge in [0.25, 0.3) is 11.8 Å². The Labute approximate surface area is 344 Å². The van der Waals surface area contributed by atoms with Crippen molar-refractivity contribution in [3.05, 3.63) is 87.4 Å². The van der Waals surface area contributed by atoms with E-state index in [1.807, 2.05) is 12.1 Å². The Morgan fingerprint density at radius 1 is 0.741 bits per heavy atom. The monoisotopic (exact) mass is 803 g/mol. The van der Waals surface area contributed by atoms with Crippen LogP contribution in [0.1, 0.15) is 90.8 Å². The number of halogens is 1. The zero-order valence-electron chi connectivity index (χ0n) is 33.6. The van der Waals surface area contributed by atoms with Crippen LogP contribution in [-0.2, 0) is 22.7 Å². The Balaban J connectivity index is 0.776. The van der Waals surface area contributed by atoms with Gasteiger partial charge < -0.3 is 14.5 Å². The third-order valence-electron chi connectivity index (χ3n) is 13.8.